The van der Waals surface area contributed by atoms with Crippen molar-refractivity contribution in [1.29, 1.82) is 0 Å². The number of benzene rings is 1. The fourth-order valence-electron chi connectivity index (χ4n) is 1.90. The molecule has 0 bridgehead atoms. The Balaban J connectivity index is 1.82. The molecule has 2 N–H and O–H groups in total. The monoisotopic (exact) mass is 322 g/mol. The molecule has 0 spiro atoms. The van der Waals surface area contributed by atoms with Gasteiger partial charge >= 0.3 is 5.97 Å². The zero-order valence-corrected chi connectivity index (χ0v) is 13.1. The second-order valence-corrected chi connectivity index (χ2v) is 6.05. The predicted octanol–water partition coefficient (Wildman–Crippen LogP) is 1.56. The minimum atomic E-state index is -0.557. The van der Waals surface area contributed by atoms with Crippen LogP contribution in [0.1, 0.15) is 19.8 Å². The van der Waals surface area contributed by atoms with E-state index in [2.05, 4.69) is 10.6 Å². The van der Waals surface area contributed by atoms with E-state index in [9.17, 15) is 14.4 Å². The third kappa shape index (κ3) is 4.49. The first kappa shape index (κ1) is 16.4. The lowest BCUT2D eigenvalue weighted by atomic mass is 10.2. The smallest absolute Gasteiger partial charge is 0.307 e. The van der Waals surface area contributed by atoms with Crippen LogP contribution in [-0.2, 0) is 19.1 Å². The van der Waals surface area contributed by atoms with Gasteiger partial charge in [0.15, 0.2) is 6.61 Å². The second kappa shape index (κ2) is 7.84. The summed E-state index contributed by atoms with van der Waals surface area (Å²) in [4.78, 5) is 36.0. The molecular formula is C15H18N2O4S. The number of esters is 1. The molecular weight excluding hydrogens is 304 g/mol. The Morgan fingerprint density at radius 2 is 2.14 bits per heavy atom. The highest BCUT2D eigenvalue weighted by molar-refractivity contribution is 8.01. The summed E-state index contributed by atoms with van der Waals surface area (Å²) in [6, 6.07) is 7.41. The van der Waals surface area contributed by atoms with E-state index in [1.807, 2.05) is 31.2 Å². The van der Waals surface area contributed by atoms with Gasteiger partial charge in [0, 0.05) is 11.4 Å². The van der Waals surface area contributed by atoms with Crippen LogP contribution in [0.3, 0.4) is 0 Å². The zero-order chi connectivity index (χ0) is 15.9. The van der Waals surface area contributed by atoms with Gasteiger partial charge < -0.3 is 15.4 Å². The summed E-state index contributed by atoms with van der Waals surface area (Å²) < 4.78 is 4.90. The second-order valence-electron chi connectivity index (χ2n) is 4.81. The molecule has 1 aliphatic rings. The van der Waals surface area contributed by atoms with Crippen molar-refractivity contribution in [2.75, 3.05) is 18.5 Å². The molecule has 6 nitrogen and oxygen atoms in total. The van der Waals surface area contributed by atoms with Gasteiger partial charge in [-0.2, -0.15) is 0 Å². The van der Waals surface area contributed by atoms with Crippen molar-refractivity contribution < 1.29 is 19.1 Å². The zero-order valence-electron chi connectivity index (χ0n) is 12.3. The first-order valence-electron chi connectivity index (χ1n) is 7.09. The molecule has 22 heavy (non-hydrogen) atoms. The molecule has 1 aromatic carbocycles. The summed E-state index contributed by atoms with van der Waals surface area (Å²) in [6.45, 7) is 2.17. The van der Waals surface area contributed by atoms with Gasteiger partial charge in [0.2, 0.25) is 5.91 Å². The Hall–Kier alpha value is -2.02. The molecule has 2 rings (SSSR count). The topological polar surface area (TPSA) is 84.5 Å². The van der Waals surface area contributed by atoms with E-state index in [4.69, 9.17) is 4.74 Å². The van der Waals surface area contributed by atoms with Crippen LogP contribution in [0, 0.1) is 0 Å². The summed E-state index contributed by atoms with van der Waals surface area (Å²) >= 11 is 1.33. The van der Waals surface area contributed by atoms with Crippen LogP contribution in [0.2, 0.25) is 0 Å². The fraction of sp³-hybridized carbons (Fsp3) is 0.400. The van der Waals surface area contributed by atoms with E-state index >= 15 is 0 Å². The maximum Gasteiger partial charge on any atom is 0.307 e. The van der Waals surface area contributed by atoms with Gasteiger partial charge in [-0.1, -0.05) is 19.1 Å². The van der Waals surface area contributed by atoms with Gasteiger partial charge in [0.05, 0.1) is 17.4 Å². The van der Waals surface area contributed by atoms with Gasteiger partial charge in [0.1, 0.15) is 0 Å². The predicted molar refractivity (Wildman–Crippen MR) is 83.6 cm³/mol. The largest absolute Gasteiger partial charge is 0.456 e. The van der Waals surface area contributed by atoms with Crippen LogP contribution in [0.15, 0.2) is 29.2 Å². The molecule has 0 aromatic heterocycles. The standard InChI is InChI=1S/C15H18N2O4S/c1-2-7-16-13(18)9-21-14(19)8-12-15(20)17-10-5-3-4-6-11(10)22-12/h3-6,12H,2,7-9H2,1H3,(H,16,18)(H,17,20)/t12-/m0/s1. The van der Waals surface area contributed by atoms with Crippen LogP contribution >= 0.6 is 11.8 Å². The van der Waals surface area contributed by atoms with E-state index in [-0.39, 0.29) is 24.8 Å². The summed E-state index contributed by atoms with van der Waals surface area (Å²) in [5.74, 6) is -1.11. The average molecular weight is 322 g/mol. The first-order valence-corrected chi connectivity index (χ1v) is 7.97. The molecule has 0 radical (unpaired) electrons. The van der Waals surface area contributed by atoms with Crippen molar-refractivity contribution in [1.82, 2.24) is 5.32 Å². The average Bonchev–Trinajstić information content (AvgIpc) is 2.51. The van der Waals surface area contributed by atoms with Crippen LogP contribution in [0.5, 0.6) is 0 Å². The number of ether oxygens (including phenoxy) is 1. The molecule has 7 heteroatoms. The van der Waals surface area contributed by atoms with Crippen molar-refractivity contribution in [3.63, 3.8) is 0 Å². The van der Waals surface area contributed by atoms with Gasteiger partial charge in [-0.05, 0) is 18.6 Å². The molecule has 1 aromatic rings. The van der Waals surface area contributed by atoms with Crippen molar-refractivity contribution in [3.8, 4) is 0 Å². The van der Waals surface area contributed by atoms with E-state index in [1.165, 1.54) is 11.8 Å². The normalized spacial score (nSPS) is 16.4. The van der Waals surface area contributed by atoms with Crippen LogP contribution in [0.4, 0.5) is 5.69 Å². The van der Waals surface area contributed by atoms with Crippen LogP contribution in [0.25, 0.3) is 0 Å². The van der Waals surface area contributed by atoms with Crippen LogP contribution in [-0.4, -0.2) is 36.2 Å². The summed E-state index contributed by atoms with van der Waals surface area (Å²) in [5.41, 5.74) is 0.751. The van der Waals surface area contributed by atoms with Crippen molar-refractivity contribution in [3.05, 3.63) is 24.3 Å². The number of carbonyl (C=O) groups excluding carboxylic acids is 3. The molecule has 0 fully saturated rings. The minimum absolute atomic E-state index is 0.0636. The fourth-order valence-corrected chi connectivity index (χ4v) is 2.99. The Morgan fingerprint density at radius 1 is 1.36 bits per heavy atom. The van der Waals surface area contributed by atoms with Gasteiger partial charge in [-0.25, -0.2) is 0 Å². The quantitative estimate of drug-likeness (QED) is 0.777. The highest BCUT2D eigenvalue weighted by atomic mass is 32.2. The number of hydrogen-bond acceptors (Lipinski definition) is 5. The number of anilines is 1. The lowest BCUT2D eigenvalue weighted by Gasteiger charge is -2.23. The Morgan fingerprint density at radius 3 is 2.91 bits per heavy atom. The van der Waals surface area contributed by atoms with E-state index in [1.54, 1.807) is 0 Å². The number of nitrogens with one attached hydrogen (secondary N) is 2. The number of thioether (sulfide) groups is 1. The third-order valence-corrected chi connectivity index (χ3v) is 4.27. The van der Waals surface area contributed by atoms with Gasteiger partial charge in [-0.15, -0.1) is 11.8 Å². The van der Waals surface area contributed by atoms with Crippen molar-refractivity contribution in [2.45, 2.75) is 29.9 Å². The minimum Gasteiger partial charge on any atom is -0.456 e. The third-order valence-electron chi connectivity index (χ3n) is 3.00. The maximum atomic E-state index is 12.0. The molecule has 0 unspecified atom stereocenters. The first-order chi connectivity index (χ1) is 10.6. The number of rotatable bonds is 6. The number of carbonyl (C=O) groups is 3. The summed E-state index contributed by atoms with van der Waals surface area (Å²) in [5, 5.41) is 4.83. The summed E-state index contributed by atoms with van der Waals surface area (Å²) in [7, 11) is 0. The molecule has 1 aliphatic heterocycles. The van der Waals surface area contributed by atoms with Crippen LogP contribution < -0.4 is 10.6 Å². The van der Waals surface area contributed by atoms with E-state index in [0.717, 1.165) is 17.0 Å². The lowest BCUT2D eigenvalue weighted by Crippen LogP contribution is -2.33. The molecule has 1 heterocycles. The lowest BCUT2D eigenvalue weighted by molar-refractivity contribution is -0.149. The van der Waals surface area contributed by atoms with Gasteiger partial charge in [-0.3, -0.25) is 14.4 Å². The van der Waals surface area contributed by atoms with Gasteiger partial charge in [0.25, 0.3) is 5.91 Å². The maximum absolute atomic E-state index is 12.0. The molecule has 0 aliphatic carbocycles. The summed E-state index contributed by atoms with van der Waals surface area (Å²) in [6.07, 6.45) is 0.754. The molecule has 2 amide bonds. The van der Waals surface area contributed by atoms with E-state index in [0.29, 0.717) is 6.54 Å². The number of fused-ring (bicyclic) bond motifs is 1. The molecule has 118 valence electrons. The number of para-hydroxylation sites is 1. The Labute approximate surface area is 133 Å². The Kier molecular flexibility index (Phi) is 5.83. The van der Waals surface area contributed by atoms with Crippen molar-refractivity contribution >= 4 is 35.2 Å². The molecule has 0 saturated heterocycles. The number of amides is 2. The molecule has 0 saturated carbocycles. The SMILES string of the molecule is CCCNC(=O)COC(=O)C[C@@H]1Sc2ccccc2NC1=O. The highest BCUT2D eigenvalue weighted by Crippen LogP contribution is 2.36. The van der Waals surface area contributed by atoms with E-state index < -0.39 is 11.2 Å². The Bertz CT molecular complexity index is 576. The highest BCUT2D eigenvalue weighted by Gasteiger charge is 2.29. The molecule has 1 atom stereocenters. The number of hydrogen-bond donors (Lipinski definition) is 2. The van der Waals surface area contributed by atoms with Crippen molar-refractivity contribution in [2.24, 2.45) is 0 Å².